The minimum Gasteiger partial charge on any atom is -0.495 e. The molecular formula is C28H30FN3O3. The van der Waals surface area contributed by atoms with Gasteiger partial charge in [-0.15, -0.1) is 0 Å². The third-order valence-corrected chi connectivity index (χ3v) is 6.78. The molecule has 1 amide bonds. The third kappa shape index (κ3) is 4.86. The highest BCUT2D eigenvalue weighted by atomic mass is 19.1. The number of aromatic nitrogens is 2. The van der Waals surface area contributed by atoms with Gasteiger partial charge in [0.1, 0.15) is 11.6 Å². The number of halogens is 1. The molecule has 0 aliphatic carbocycles. The standard InChI is InChI=1S/C28H30FN3O3/c1-19-17-31(18-30-19)24-12-7-20(16-26(24)34-2)15-22-5-3-13-32(28(22)33)27(25-6-4-14-35-25)21-8-10-23(29)11-9-21/h7-12,15-18,25,27H,3-6,13-14H2,1-2H3/t25?,27-/m0/s1. The van der Waals surface area contributed by atoms with Gasteiger partial charge in [-0.25, -0.2) is 9.37 Å². The molecule has 2 aliphatic heterocycles. The van der Waals surface area contributed by atoms with Crippen molar-refractivity contribution in [3.63, 3.8) is 0 Å². The number of likely N-dealkylation sites (tertiary alicyclic amines) is 1. The lowest BCUT2D eigenvalue weighted by Crippen LogP contribution is -2.44. The molecule has 0 spiro atoms. The van der Waals surface area contributed by atoms with Gasteiger partial charge in [-0.1, -0.05) is 18.2 Å². The number of nitrogens with zero attached hydrogens (tertiary/aromatic N) is 3. The van der Waals surface area contributed by atoms with Gasteiger partial charge in [-0.3, -0.25) is 4.79 Å². The van der Waals surface area contributed by atoms with E-state index >= 15 is 0 Å². The van der Waals surface area contributed by atoms with Crippen LogP contribution in [0.25, 0.3) is 11.8 Å². The average molecular weight is 476 g/mol. The first kappa shape index (κ1) is 23.3. The van der Waals surface area contributed by atoms with Gasteiger partial charge >= 0.3 is 0 Å². The number of piperidine rings is 1. The summed E-state index contributed by atoms with van der Waals surface area (Å²) in [6.07, 6.45) is 9.01. The summed E-state index contributed by atoms with van der Waals surface area (Å²) in [5.74, 6) is 0.434. The number of methoxy groups -OCH3 is 1. The molecule has 5 rings (SSSR count). The second-order valence-electron chi connectivity index (χ2n) is 9.17. The van der Waals surface area contributed by atoms with Crippen molar-refractivity contribution in [3.05, 3.63) is 83.2 Å². The molecule has 0 saturated carbocycles. The molecule has 1 aromatic heterocycles. The number of carbonyl (C=O) groups is 1. The first-order valence-electron chi connectivity index (χ1n) is 12.1. The number of hydrogen-bond acceptors (Lipinski definition) is 4. The molecule has 3 aromatic rings. The predicted molar refractivity (Wildman–Crippen MR) is 132 cm³/mol. The minimum absolute atomic E-state index is 0.00866. The van der Waals surface area contributed by atoms with Crippen molar-refractivity contribution in [1.29, 1.82) is 0 Å². The van der Waals surface area contributed by atoms with Crippen LogP contribution >= 0.6 is 0 Å². The molecule has 2 fully saturated rings. The van der Waals surface area contributed by atoms with Crippen molar-refractivity contribution >= 4 is 12.0 Å². The molecule has 2 atom stereocenters. The fourth-order valence-electron chi connectivity index (χ4n) is 5.09. The molecule has 1 unspecified atom stereocenters. The van der Waals surface area contributed by atoms with E-state index in [0.29, 0.717) is 25.3 Å². The van der Waals surface area contributed by atoms with Crippen LogP contribution in [0.4, 0.5) is 4.39 Å². The fourth-order valence-corrected chi connectivity index (χ4v) is 5.09. The number of amides is 1. The highest BCUT2D eigenvalue weighted by molar-refractivity contribution is 5.99. The Bertz CT molecular complexity index is 1230. The fraction of sp³-hybridized carbons (Fsp3) is 0.357. The molecule has 6 nitrogen and oxygen atoms in total. The summed E-state index contributed by atoms with van der Waals surface area (Å²) in [6, 6.07) is 12.1. The first-order valence-corrected chi connectivity index (χ1v) is 12.1. The monoisotopic (exact) mass is 475 g/mol. The number of aryl methyl sites for hydroxylation is 1. The zero-order chi connectivity index (χ0) is 24.4. The van der Waals surface area contributed by atoms with E-state index in [1.807, 2.05) is 46.9 Å². The molecule has 2 aliphatic rings. The van der Waals surface area contributed by atoms with Gasteiger partial charge in [0, 0.05) is 24.9 Å². The second kappa shape index (κ2) is 10.0. The molecule has 35 heavy (non-hydrogen) atoms. The summed E-state index contributed by atoms with van der Waals surface area (Å²) in [5, 5.41) is 0. The van der Waals surface area contributed by atoms with Crippen molar-refractivity contribution in [1.82, 2.24) is 14.5 Å². The van der Waals surface area contributed by atoms with Crippen LogP contribution < -0.4 is 4.74 Å². The van der Waals surface area contributed by atoms with Crippen molar-refractivity contribution in [3.8, 4) is 11.4 Å². The van der Waals surface area contributed by atoms with Crippen LogP contribution in [0.1, 0.15) is 48.5 Å². The van der Waals surface area contributed by atoms with Crippen molar-refractivity contribution < 1.29 is 18.7 Å². The summed E-state index contributed by atoms with van der Waals surface area (Å²) in [5.41, 5.74) is 4.39. The quantitative estimate of drug-likeness (QED) is 0.457. The number of carbonyl (C=O) groups excluding carboxylic acids is 1. The number of imidazole rings is 1. The number of benzene rings is 2. The summed E-state index contributed by atoms with van der Waals surface area (Å²) in [7, 11) is 1.64. The average Bonchev–Trinajstić information content (AvgIpc) is 3.55. The third-order valence-electron chi connectivity index (χ3n) is 6.78. The Morgan fingerprint density at radius 1 is 1.20 bits per heavy atom. The SMILES string of the molecule is COc1cc(C=C2CCCN([C@@H](c3ccc(F)cc3)C3CCCO3)C2=O)ccc1-n1cnc(C)c1. The smallest absolute Gasteiger partial charge is 0.250 e. The Balaban J connectivity index is 1.44. The molecule has 0 radical (unpaired) electrons. The van der Waals surface area contributed by atoms with E-state index < -0.39 is 0 Å². The summed E-state index contributed by atoms with van der Waals surface area (Å²) >= 11 is 0. The van der Waals surface area contributed by atoms with Crippen LogP contribution in [0.5, 0.6) is 5.75 Å². The number of ether oxygens (including phenoxy) is 2. The van der Waals surface area contributed by atoms with Crippen molar-refractivity contribution in [2.45, 2.75) is 44.8 Å². The molecule has 2 aromatic carbocycles. The number of rotatable bonds is 6. The van der Waals surface area contributed by atoms with Crippen LogP contribution in [0.15, 0.2) is 60.6 Å². The Hall–Kier alpha value is -3.45. The van der Waals surface area contributed by atoms with E-state index in [1.54, 1.807) is 25.6 Å². The van der Waals surface area contributed by atoms with Gasteiger partial charge in [0.15, 0.2) is 0 Å². The summed E-state index contributed by atoms with van der Waals surface area (Å²) < 4.78 is 27.2. The minimum atomic E-state index is -0.284. The molecule has 0 N–H and O–H groups in total. The van der Waals surface area contributed by atoms with Crippen LogP contribution in [0.2, 0.25) is 0 Å². The van der Waals surface area contributed by atoms with Crippen molar-refractivity contribution in [2.75, 3.05) is 20.3 Å². The number of hydrogen-bond donors (Lipinski definition) is 0. The Morgan fingerprint density at radius 3 is 2.71 bits per heavy atom. The van der Waals surface area contributed by atoms with E-state index in [4.69, 9.17) is 9.47 Å². The molecule has 3 heterocycles. The van der Waals surface area contributed by atoms with E-state index in [9.17, 15) is 9.18 Å². The van der Waals surface area contributed by atoms with E-state index in [-0.39, 0.29) is 23.9 Å². The van der Waals surface area contributed by atoms with Gasteiger partial charge in [-0.05, 0) is 74.1 Å². The normalized spacial score (nSPS) is 20.4. The lowest BCUT2D eigenvalue weighted by Gasteiger charge is -2.38. The Morgan fingerprint density at radius 2 is 2.03 bits per heavy atom. The van der Waals surface area contributed by atoms with Crippen LogP contribution in [0.3, 0.4) is 0 Å². The Labute approximate surface area is 205 Å². The Kier molecular flexibility index (Phi) is 6.68. The van der Waals surface area contributed by atoms with Gasteiger partial charge in [0.2, 0.25) is 5.91 Å². The summed E-state index contributed by atoms with van der Waals surface area (Å²) in [4.78, 5) is 19.9. The largest absolute Gasteiger partial charge is 0.495 e. The van der Waals surface area contributed by atoms with E-state index in [1.165, 1.54) is 12.1 Å². The van der Waals surface area contributed by atoms with Gasteiger partial charge < -0.3 is 18.9 Å². The van der Waals surface area contributed by atoms with E-state index in [0.717, 1.165) is 47.3 Å². The predicted octanol–water partition coefficient (Wildman–Crippen LogP) is 5.25. The highest BCUT2D eigenvalue weighted by Gasteiger charge is 2.37. The summed E-state index contributed by atoms with van der Waals surface area (Å²) in [6.45, 7) is 3.29. The maximum atomic E-state index is 13.7. The molecule has 0 bridgehead atoms. The zero-order valence-electron chi connectivity index (χ0n) is 20.1. The van der Waals surface area contributed by atoms with Gasteiger partial charge in [-0.2, -0.15) is 0 Å². The van der Waals surface area contributed by atoms with Crippen LogP contribution in [-0.2, 0) is 9.53 Å². The second-order valence-corrected chi connectivity index (χ2v) is 9.17. The van der Waals surface area contributed by atoms with Crippen LogP contribution in [0, 0.1) is 12.7 Å². The molecule has 7 heteroatoms. The van der Waals surface area contributed by atoms with E-state index in [2.05, 4.69) is 4.98 Å². The maximum absolute atomic E-state index is 13.7. The van der Waals surface area contributed by atoms with Crippen molar-refractivity contribution in [2.24, 2.45) is 0 Å². The van der Waals surface area contributed by atoms with Gasteiger partial charge in [0.25, 0.3) is 0 Å². The maximum Gasteiger partial charge on any atom is 0.250 e. The molecule has 2 saturated heterocycles. The lowest BCUT2D eigenvalue weighted by atomic mass is 9.93. The first-order chi connectivity index (χ1) is 17.0. The zero-order valence-corrected chi connectivity index (χ0v) is 20.1. The van der Waals surface area contributed by atoms with Gasteiger partial charge in [0.05, 0.1) is 37.0 Å². The lowest BCUT2D eigenvalue weighted by molar-refractivity contribution is -0.134. The topological polar surface area (TPSA) is 56.6 Å². The van der Waals surface area contributed by atoms with Crippen LogP contribution in [-0.4, -0.2) is 46.7 Å². The molecule has 182 valence electrons. The molecular weight excluding hydrogens is 445 g/mol. The highest BCUT2D eigenvalue weighted by Crippen LogP contribution is 2.36.